The second-order valence-corrected chi connectivity index (χ2v) is 7.32. The quantitative estimate of drug-likeness (QED) is 0.320. The third-order valence-electron chi connectivity index (χ3n) is 4.69. The third kappa shape index (κ3) is 7.34. The van der Waals surface area contributed by atoms with Crippen LogP contribution in [0.3, 0.4) is 0 Å². The van der Waals surface area contributed by atoms with Crippen molar-refractivity contribution in [3.63, 3.8) is 0 Å². The van der Waals surface area contributed by atoms with E-state index < -0.39 is 17.8 Å². The lowest BCUT2D eigenvalue weighted by Crippen LogP contribution is -2.20. The maximum atomic E-state index is 13.4. The number of likely N-dealkylation sites (N-methyl/N-ethyl adjacent to an activating group) is 1. The zero-order chi connectivity index (χ0) is 26.1. The molecular weight excluding hydrogens is 479 g/mol. The molecule has 0 unspecified atom stereocenters. The number of amides is 3. The summed E-state index contributed by atoms with van der Waals surface area (Å²) in [6.45, 7) is 0.437. The van der Waals surface area contributed by atoms with Gasteiger partial charge in [-0.25, -0.2) is 4.79 Å². The van der Waals surface area contributed by atoms with Crippen LogP contribution in [0.25, 0.3) is 0 Å². The van der Waals surface area contributed by atoms with Gasteiger partial charge in [-0.2, -0.15) is 13.2 Å². The number of hydrogen-bond acceptors (Lipinski definition) is 6. The Bertz CT molecular complexity index is 1200. The number of alkyl halides is 3. The number of carbonyl (C=O) groups excluding carboxylic acids is 2. The van der Waals surface area contributed by atoms with Gasteiger partial charge in [-0.1, -0.05) is 0 Å². The summed E-state index contributed by atoms with van der Waals surface area (Å²) < 4.78 is 51.2. The number of urea groups is 1. The number of pyridine rings is 1. The number of nitrogens with one attached hydrogen (secondary N) is 4. The van der Waals surface area contributed by atoms with E-state index in [4.69, 9.17) is 9.47 Å². The summed E-state index contributed by atoms with van der Waals surface area (Å²) in [5.74, 6) is 0.139. The van der Waals surface area contributed by atoms with Gasteiger partial charge >= 0.3 is 12.2 Å². The highest BCUT2D eigenvalue weighted by atomic mass is 19.4. The monoisotopic (exact) mass is 503 g/mol. The van der Waals surface area contributed by atoms with Crippen LogP contribution in [0.1, 0.15) is 16.1 Å². The predicted octanol–water partition coefficient (Wildman–Crippen LogP) is 4.49. The van der Waals surface area contributed by atoms with Crippen molar-refractivity contribution in [3.05, 3.63) is 72.1 Å². The van der Waals surface area contributed by atoms with Gasteiger partial charge in [-0.3, -0.25) is 9.78 Å². The summed E-state index contributed by atoms with van der Waals surface area (Å²) in [5, 5.41) is 10.2. The van der Waals surface area contributed by atoms with Gasteiger partial charge in [0.05, 0.1) is 5.56 Å². The van der Waals surface area contributed by atoms with Crippen molar-refractivity contribution >= 4 is 23.3 Å². The van der Waals surface area contributed by atoms with E-state index in [-0.39, 0.29) is 29.6 Å². The Morgan fingerprint density at radius 2 is 1.61 bits per heavy atom. The van der Waals surface area contributed by atoms with E-state index in [1.54, 1.807) is 37.4 Å². The first-order valence-corrected chi connectivity index (χ1v) is 10.7. The third-order valence-corrected chi connectivity index (χ3v) is 4.69. The smallest absolute Gasteiger partial charge is 0.420 e. The van der Waals surface area contributed by atoms with Crippen LogP contribution in [0, 0.1) is 0 Å². The largest absolute Gasteiger partial charge is 0.492 e. The summed E-state index contributed by atoms with van der Waals surface area (Å²) in [4.78, 5) is 28.0. The van der Waals surface area contributed by atoms with Gasteiger partial charge in [0.25, 0.3) is 5.91 Å². The molecule has 0 bridgehead atoms. The second kappa shape index (κ2) is 11.9. The molecule has 0 aliphatic carbocycles. The fourth-order valence-corrected chi connectivity index (χ4v) is 2.98. The molecule has 3 amide bonds. The lowest BCUT2D eigenvalue weighted by atomic mass is 10.1. The van der Waals surface area contributed by atoms with Crippen LogP contribution in [-0.4, -0.2) is 44.2 Å². The first kappa shape index (κ1) is 26.3. The molecule has 0 aliphatic rings. The minimum absolute atomic E-state index is 0.0506. The van der Waals surface area contributed by atoms with Gasteiger partial charge in [0.2, 0.25) is 0 Å². The van der Waals surface area contributed by atoms with Crippen molar-refractivity contribution in [2.45, 2.75) is 6.18 Å². The molecule has 0 spiro atoms. The Balaban J connectivity index is 1.62. The molecule has 36 heavy (non-hydrogen) atoms. The SMILES string of the molecule is CNCCOc1ccc(NC(=O)Nc2ccc(Oc3ccnc(C(=O)NC)c3)cc2)cc1C(F)(F)F. The summed E-state index contributed by atoms with van der Waals surface area (Å²) in [6, 6.07) is 11.9. The van der Waals surface area contributed by atoms with Crippen LogP contribution >= 0.6 is 0 Å². The van der Waals surface area contributed by atoms with Crippen molar-refractivity contribution < 1.29 is 32.2 Å². The summed E-state index contributed by atoms with van der Waals surface area (Å²) in [6.07, 6.45) is -3.22. The molecule has 1 heterocycles. The van der Waals surface area contributed by atoms with Gasteiger partial charge in [-0.05, 0) is 55.6 Å². The van der Waals surface area contributed by atoms with Crippen LogP contribution in [0.2, 0.25) is 0 Å². The number of aromatic nitrogens is 1. The fourth-order valence-electron chi connectivity index (χ4n) is 2.98. The van der Waals surface area contributed by atoms with Crippen molar-refractivity contribution in [3.8, 4) is 17.2 Å². The second-order valence-electron chi connectivity index (χ2n) is 7.32. The van der Waals surface area contributed by atoms with Gasteiger partial charge in [0.1, 0.15) is 29.5 Å². The van der Waals surface area contributed by atoms with Crippen LogP contribution in [0.4, 0.5) is 29.3 Å². The minimum Gasteiger partial charge on any atom is -0.492 e. The number of ether oxygens (including phenoxy) is 2. The number of hydrogen-bond donors (Lipinski definition) is 4. The summed E-state index contributed by atoms with van der Waals surface area (Å²) in [7, 11) is 3.15. The standard InChI is InChI=1S/C24H24F3N5O4/c1-28-11-12-35-21-8-5-16(13-19(21)24(25,26)27)32-23(34)31-15-3-6-17(7-4-15)36-18-9-10-30-20(14-18)22(33)29-2/h3-10,13-14,28H,11-12H2,1-2H3,(H,29,33)(H2,31,32,34). The van der Waals surface area contributed by atoms with Gasteiger partial charge in [-0.15, -0.1) is 0 Å². The van der Waals surface area contributed by atoms with Crippen LogP contribution in [0.5, 0.6) is 17.2 Å². The maximum Gasteiger partial charge on any atom is 0.420 e. The Hall–Kier alpha value is -4.32. The molecule has 0 aliphatic heterocycles. The molecule has 4 N–H and O–H groups in total. The van der Waals surface area contributed by atoms with Gasteiger partial charge in [0.15, 0.2) is 0 Å². The van der Waals surface area contributed by atoms with Crippen molar-refractivity contribution in [2.75, 3.05) is 37.9 Å². The van der Waals surface area contributed by atoms with E-state index in [0.717, 1.165) is 12.1 Å². The molecular formula is C24H24F3N5O4. The molecule has 3 rings (SSSR count). The Morgan fingerprint density at radius 1 is 0.917 bits per heavy atom. The molecule has 12 heteroatoms. The van der Waals surface area contributed by atoms with Crippen molar-refractivity contribution in [2.24, 2.45) is 0 Å². The normalized spacial score (nSPS) is 10.9. The molecule has 2 aromatic carbocycles. The van der Waals surface area contributed by atoms with E-state index in [0.29, 0.717) is 23.7 Å². The molecule has 0 radical (unpaired) electrons. The van der Waals surface area contributed by atoms with E-state index in [9.17, 15) is 22.8 Å². The van der Waals surface area contributed by atoms with E-state index in [2.05, 4.69) is 26.3 Å². The predicted molar refractivity (Wildman–Crippen MR) is 128 cm³/mol. The van der Waals surface area contributed by atoms with Gasteiger partial charge in [0, 0.05) is 37.2 Å². The molecule has 0 saturated heterocycles. The Kier molecular flexibility index (Phi) is 8.68. The van der Waals surface area contributed by atoms with E-state index >= 15 is 0 Å². The molecule has 1 aromatic heterocycles. The number of halogens is 3. The number of rotatable bonds is 9. The van der Waals surface area contributed by atoms with Crippen LogP contribution in [-0.2, 0) is 6.18 Å². The fraction of sp³-hybridized carbons (Fsp3) is 0.208. The van der Waals surface area contributed by atoms with E-state index in [1.165, 1.54) is 25.4 Å². The first-order valence-electron chi connectivity index (χ1n) is 10.7. The lowest BCUT2D eigenvalue weighted by Gasteiger charge is -2.16. The molecule has 0 fully saturated rings. The zero-order valence-electron chi connectivity index (χ0n) is 19.4. The molecule has 190 valence electrons. The minimum atomic E-state index is -4.66. The highest BCUT2D eigenvalue weighted by molar-refractivity contribution is 5.99. The Labute approximate surface area is 205 Å². The first-order chi connectivity index (χ1) is 17.2. The van der Waals surface area contributed by atoms with Gasteiger partial charge < -0.3 is 30.7 Å². The maximum absolute atomic E-state index is 13.4. The van der Waals surface area contributed by atoms with Crippen LogP contribution < -0.4 is 30.7 Å². The number of benzene rings is 2. The van der Waals surface area contributed by atoms with Crippen molar-refractivity contribution in [1.29, 1.82) is 0 Å². The average Bonchev–Trinajstić information content (AvgIpc) is 2.85. The number of nitrogens with zero attached hydrogens (tertiary/aromatic N) is 1. The molecule has 0 atom stereocenters. The molecule has 3 aromatic rings. The highest BCUT2D eigenvalue weighted by Gasteiger charge is 2.35. The van der Waals surface area contributed by atoms with Crippen molar-refractivity contribution in [1.82, 2.24) is 15.6 Å². The molecule has 9 nitrogen and oxygen atoms in total. The summed E-state index contributed by atoms with van der Waals surface area (Å²) >= 11 is 0. The Morgan fingerprint density at radius 3 is 2.28 bits per heavy atom. The lowest BCUT2D eigenvalue weighted by molar-refractivity contribution is -0.138. The summed E-state index contributed by atoms with van der Waals surface area (Å²) in [5.41, 5.74) is -0.473. The highest BCUT2D eigenvalue weighted by Crippen LogP contribution is 2.38. The van der Waals surface area contributed by atoms with Crippen LogP contribution in [0.15, 0.2) is 60.8 Å². The number of carbonyl (C=O) groups is 2. The average molecular weight is 503 g/mol. The molecule has 0 saturated carbocycles. The number of anilines is 2. The topological polar surface area (TPSA) is 114 Å². The zero-order valence-corrected chi connectivity index (χ0v) is 19.4. The van der Waals surface area contributed by atoms with E-state index in [1.807, 2.05) is 0 Å².